The van der Waals surface area contributed by atoms with Crippen LogP contribution in [0.25, 0.3) is 0 Å². The van der Waals surface area contributed by atoms with E-state index in [-0.39, 0.29) is 6.16 Å². The molecule has 0 aromatic heterocycles. The first-order valence-electron chi connectivity index (χ1n) is 9.98. The fourth-order valence-electron chi connectivity index (χ4n) is 2.92. The number of benzene rings is 2. The minimum Gasteiger partial charge on any atom is -0.494 e. The van der Waals surface area contributed by atoms with Crippen LogP contribution in [0.15, 0.2) is 66.7 Å². The van der Waals surface area contributed by atoms with Crippen molar-refractivity contribution in [2.75, 3.05) is 12.8 Å². The third kappa shape index (κ3) is 10.5. The van der Waals surface area contributed by atoms with Crippen LogP contribution in [-0.4, -0.2) is 22.6 Å². The number of hydrogen-bond donors (Lipinski definition) is 2. The van der Waals surface area contributed by atoms with E-state index in [9.17, 15) is 4.57 Å². The highest BCUT2D eigenvalue weighted by atomic mass is 31.2. The lowest BCUT2D eigenvalue weighted by Gasteiger charge is -2.07. The van der Waals surface area contributed by atoms with Gasteiger partial charge < -0.3 is 14.5 Å². The van der Waals surface area contributed by atoms with E-state index in [2.05, 4.69) is 42.5 Å². The van der Waals surface area contributed by atoms with Crippen LogP contribution >= 0.6 is 7.60 Å². The van der Waals surface area contributed by atoms with Gasteiger partial charge in [-0.25, -0.2) is 0 Å². The number of unbranched alkanes of at least 4 members (excludes halogenated alkanes) is 3. The lowest BCUT2D eigenvalue weighted by Crippen LogP contribution is -1.98. The van der Waals surface area contributed by atoms with Gasteiger partial charge in [-0.1, -0.05) is 54.6 Å². The highest BCUT2D eigenvalue weighted by molar-refractivity contribution is 7.51. The minimum atomic E-state index is -3.86. The van der Waals surface area contributed by atoms with Crippen LogP contribution in [0.2, 0.25) is 0 Å². The van der Waals surface area contributed by atoms with Crippen molar-refractivity contribution in [1.82, 2.24) is 0 Å². The highest BCUT2D eigenvalue weighted by Crippen LogP contribution is 2.35. The van der Waals surface area contributed by atoms with Gasteiger partial charge in [0.05, 0.1) is 12.8 Å². The fraction of sp³-hybridized carbons (Fsp3) is 0.391. The van der Waals surface area contributed by atoms with Gasteiger partial charge in [-0.05, 0) is 68.2 Å². The summed E-state index contributed by atoms with van der Waals surface area (Å²) in [5.41, 5.74) is 2.59. The first-order chi connectivity index (χ1) is 13.5. The quantitative estimate of drug-likeness (QED) is 0.262. The molecule has 0 atom stereocenters. The molecule has 2 aromatic carbocycles. The Kier molecular flexibility index (Phi) is 10.1. The Labute approximate surface area is 168 Å². The standard InChI is InChI=1S/C23H31O4P/c24-28(25,26)20-10-2-1-5-14-22-15-17-23(18-16-22)27-19-9-4-8-13-21-11-6-3-7-12-21/h1,3,5-7,11-12,15-18H,2,4,8-10,13-14,19-20H2,(H2,24,25,26)/b5-1-. The maximum atomic E-state index is 10.8. The maximum absolute atomic E-state index is 10.8. The van der Waals surface area contributed by atoms with Crippen molar-refractivity contribution in [3.05, 3.63) is 77.9 Å². The summed E-state index contributed by atoms with van der Waals surface area (Å²) < 4.78 is 16.6. The molecular weight excluding hydrogens is 371 g/mol. The van der Waals surface area contributed by atoms with Gasteiger partial charge in [-0.15, -0.1) is 0 Å². The predicted molar refractivity (Wildman–Crippen MR) is 115 cm³/mol. The monoisotopic (exact) mass is 402 g/mol. The first-order valence-corrected chi connectivity index (χ1v) is 11.8. The second-order valence-corrected chi connectivity index (χ2v) is 8.77. The number of hydrogen-bond acceptors (Lipinski definition) is 2. The smallest absolute Gasteiger partial charge is 0.325 e. The summed E-state index contributed by atoms with van der Waals surface area (Å²) in [6.45, 7) is 0.744. The summed E-state index contributed by atoms with van der Waals surface area (Å²) in [5.74, 6) is 0.900. The third-order valence-corrected chi connectivity index (χ3v) is 5.38. The van der Waals surface area contributed by atoms with E-state index < -0.39 is 7.60 Å². The molecule has 2 aromatic rings. The zero-order valence-corrected chi connectivity index (χ0v) is 17.3. The molecule has 2 rings (SSSR count). The molecule has 0 unspecified atom stereocenters. The van der Waals surface area contributed by atoms with E-state index >= 15 is 0 Å². The van der Waals surface area contributed by atoms with E-state index in [4.69, 9.17) is 14.5 Å². The number of allylic oxidation sites excluding steroid dienone is 2. The Hall–Kier alpha value is -1.87. The Morgan fingerprint density at radius 1 is 0.821 bits per heavy atom. The second-order valence-electron chi connectivity index (χ2n) is 6.99. The highest BCUT2D eigenvalue weighted by Gasteiger charge is 2.10. The first kappa shape index (κ1) is 22.4. The van der Waals surface area contributed by atoms with Crippen molar-refractivity contribution < 1.29 is 19.1 Å². The van der Waals surface area contributed by atoms with Crippen molar-refractivity contribution in [1.29, 1.82) is 0 Å². The molecule has 0 aliphatic carbocycles. The van der Waals surface area contributed by atoms with Gasteiger partial charge in [0.2, 0.25) is 0 Å². The largest absolute Gasteiger partial charge is 0.494 e. The molecule has 0 heterocycles. The zero-order valence-electron chi connectivity index (χ0n) is 16.4. The van der Waals surface area contributed by atoms with E-state index in [0.717, 1.165) is 31.6 Å². The van der Waals surface area contributed by atoms with Gasteiger partial charge in [-0.2, -0.15) is 0 Å². The zero-order chi connectivity index (χ0) is 20.1. The van der Waals surface area contributed by atoms with Gasteiger partial charge in [0.1, 0.15) is 5.75 Å². The summed E-state index contributed by atoms with van der Waals surface area (Å²) in [5, 5.41) is 0. The Morgan fingerprint density at radius 2 is 1.57 bits per heavy atom. The molecule has 152 valence electrons. The summed E-state index contributed by atoms with van der Waals surface area (Å²) in [7, 11) is -3.86. The minimum absolute atomic E-state index is 0.0460. The molecular formula is C23H31O4P. The SMILES string of the molecule is O=P(O)(O)CCC/C=C\Cc1ccc(OCCCCCc2ccccc2)cc1. The molecule has 0 aliphatic rings. The molecule has 5 heteroatoms. The summed E-state index contributed by atoms with van der Waals surface area (Å²) in [6.07, 6.45) is 10.5. The summed E-state index contributed by atoms with van der Waals surface area (Å²) in [6, 6.07) is 18.7. The summed E-state index contributed by atoms with van der Waals surface area (Å²) in [4.78, 5) is 17.6. The Balaban J connectivity index is 1.55. The molecule has 0 saturated heterocycles. The molecule has 0 saturated carbocycles. The molecule has 0 radical (unpaired) electrons. The predicted octanol–water partition coefficient (Wildman–Crippen LogP) is 5.54. The topological polar surface area (TPSA) is 66.8 Å². The van der Waals surface area contributed by atoms with Crippen LogP contribution in [-0.2, 0) is 17.4 Å². The van der Waals surface area contributed by atoms with Crippen LogP contribution in [0.3, 0.4) is 0 Å². The van der Waals surface area contributed by atoms with E-state index in [1.54, 1.807) is 0 Å². The van der Waals surface area contributed by atoms with Crippen LogP contribution in [0.5, 0.6) is 5.75 Å². The van der Waals surface area contributed by atoms with Crippen LogP contribution in [0.1, 0.15) is 43.2 Å². The Bertz CT molecular complexity index is 735. The van der Waals surface area contributed by atoms with E-state index in [0.29, 0.717) is 12.8 Å². The van der Waals surface area contributed by atoms with Gasteiger partial charge in [0.25, 0.3) is 0 Å². The van der Waals surface area contributed by atoms with Gasteiger partial charge >= 0.3 is 7.60 Å². The normalized spacial score (nSPS) is 11.8. The van der Waals surface area contributed by atoms with E-state index in [1.807, 2.05) is 24.3 Å². The molecule has 0 amide bonds. The van der Waals surface area contributed by atoms with Gasteiger partial charge in [0, 0.05) is 0 Å². The van der Waals surface area contributed by atoms with E-state index in [1.165, 1.54) is 24.0 Å². The number of ether oxygens (including phenoxy) is 1. The average molecular weight is 402 g/mol. The third-order valence-electron chi connectivity index (χ3n) is 4.49. The average Bonchev–Trinajstić information content (AvgIpc) is 2.68. The second kappa shape index (κ2) is 12.6. The maximum Gasteiger partial charge on any atom is 0.325 e. The molecule has 0 fully saturated rings. The van der Waals surface area contributed by atoms with Crippen molar-refractivity contribution >= 4 is 7.60 Å². The van der Waals surface area contributed by atoms with Crippen LogP contribution in [0.4, 0.5) is 0 Å². The lowest BCUT2D eigenvalue weighted by molar-refractivity contribution is 0.305. The van der Waals surface area contributed by atoms with Crippen LogP contribution in [0, 0.1) is 0 Å². The molecule has 2 N–H and O–H groups in total. The van der Waals surface area contributed by atoms with Gasteiger partial charge in [0.15, 0.2) is 0 Å². The molecule has 0 aliphatic heterocycles. The lowest BCUT2D eigenvalue weighted by atomic mass is 10.1. The number of rotatable bonds is 13. The molecule has 28 heavy (non-hydrogen) atoms. The molecule has 4 nitrogen and oxygen atoms in total. The molecule has 0 spiro atoms. The van der Waals surface area contributed by atoms with Gasteiger partial charge in [-0.3, -0.25) is 4.57 Å². The Morgan fingerprint density at radius 3 is 2.29 bits per heavy atom. The van der Waals surface area contributed by atoms with Crippen molar-refractivity contribution in [3.63, 3.8) is 0 Å². The van der Waals surface area contributed by atoms with Crippen molar-refractivity contribution in [3.8, 4) is 5.75 Å². The number of aryl methyl sites for hydroxylation is 1. The van der Waals surface area contributed by atoms with Crippen LogP contribution < -0.4 is 4.74 Å². The van der Waals surface area contributed by atoms with Crippen molar-refractivity contribution in [2.45, 2.75) is 44.9 Å². The fourth-order valence-corrected chi connectivity index (χ4v) is 3.51. The summed E-state index contributed by atoms with van der Waals surface area (Å²) >= 11 is 0. The molecule has 0 bridgehead atoms. The van der Waals surface area contributed by atoms with Crippen molar-refractivity contribution in [2.24, 2.45) is 0 Å².